The van der Waals surface area contributed by atoms with Crippen LogP contribution in [-0.4, -0.2) is 29.5 Å². The molecule has 7 nitrogen and oxygen atoms in total. The zero-order valence-corrected chi connectivity index (χ0v) is 14.0. The Morgan fingerprint density at radius 2 is 1.76 bits per heavy atom. The summed E-state index contributed by atoms with van der Waals surface area (Å²) in [6.45, 7) is 1.13. The van der Waals surface area contributed by atoms with Gasteiger partial charge in [-0.1, -0.05) is 23.2 Å². The molecule has 3 N–H and O–H groups in total. The monoisotopic (exact) mass is 362 g/mol. The second-order valence-corrected chi connectivity index (χ2v) is 5.54. The van der Waals surface area contributed by atoms with E-state index >= 15 is 0 Å². The van der Waals surface area contributed by atoms with Crippen molar-refractivity contribution < 1.29 is 24.2 Å². The lowest BCUT2D eigenvalue weighted by atomic mass is 10.1. The molecule has 0 aliphatic carbocycles. The van der Waals surface area contributed by atoms with Gasteiger partial charge in [-0.05, 0) is 43.3 Å². The van der Waals surface area contributed by atoms with Gasteiger partial charge in [0, 0.05) is 10.6 Å². The second-order valence-electron chi connectivity index (χ2n) is 5.11. The summed E-state index contributed by atoms with van der Waals surface area (Å²) < 4.78 is 4.80. The van der Waals surface area contributed by atoms with Crippen molar-refractivity contribution in [1.82, 2.24) is 10.9 Å². The lowest BCUT2D eigenvalue weighted by Gasteiger charge is -2.09. The lowest BCUT2D eigenvalue weighted by Crippen LogP contribution is -2.43. The first-order valence-electron chi connectivity index (χ1n) is 7.18. The number of nitrogens with one attached hydrogen (secondary N) is 2. The van der Waals surface area contributed by atoms with Crippen LogP contribution >= 0.6 is 11.6 Å². The van der Waals surface area contributed by atoms with E-state index in [9.17, 15) is 19.5 Å². The Kier molecular flexibility index (Phi) is 5.97. The number of halogens is 1. The van der Waals surface area contributed by atoms with Crippen LogP contribution in [-0.2, 0) is 9.53 Å². The van der Waals surface area contributed by atoms with E-state index in [4.69, 9.17) is 16.3 Å². The van der Waals surface area contributed by atoms with Crippen LogP contribution in [0.4, 0.5) is 0 Å². The first-order valence-corrected chi connectivity index (χ1v) is 7.56. The Hall–Kier alpha value is -3.06. The molecule has 130 valence electrons. The molecule has 0 heterocycles. The number of esters is 1. The molecule has 0 aliphatic heterocycles. The highest BCUT2D eigenvalue weighted by Crippen LogP contribution is 2.18. The van der Waals surface area contributed by atoms with E-state index in [1.165, 1.54) is 36.4 Å². The van der Waals surface area contributed by atoms with Crippen molar-refractivity contribution in [2.45, 2.75) is 6.92 Å². The number of rotatable bonds is 4. The first-order chi connectivity index (χ1) is 11.9. The van der Waals surface area contributed by atoms with Gasteiger partial charge in [0.05, 0.1) is 0 Å². The fourth-order valence-corrected chi connectivity index (χ4v) is 1.98. The standard InChI is InChI=1S/C17H15ClN2O5/c1-10-2-7-14(21)13(8-10)17(24)25-9-15(22)19-20-16(23)11-3-5-12(18)6-4-11/h2-8,21H,9H2,1H3,(H,19,22)(H,20,23). The predicted molar refractivity (Wildman–Crippen MR) is 90.2 cm³/mol. The third kappa shape index (κ3) is 5.22. The minimum absolute atomic E-state index is 0.0435. The SMILES string of the molecule is Cc1ccc(O)c(C(=O)OCC(=O)NNC(=O)c2ccc(Cl)cc2)c1. The van der Waals surface area contributed by atoms with Crippen LogP contribution in [0.5, 0.6) is 5.75 Å². The number of hydrazine groups is 1. The molecule has 8 heteroatoms. The Labute approximate surface area is 148 Å². The number of amides is 2. The maximum atomic E-state index is 11.9. The molecule has 0 unspecified atom stereocenters. The van der Waals surface area contributed by atoms with Gasteiger partial charge in [-0.15, -0.1) is 0 Å². The van der Waals surface area contributed by atoms with E-state index in [2.05, 4.69) is 10.9 Å². The number of ether oxygens (including phenoxy) is 1. The maximum absolute atomic E-state index is 11.9. The third-order valence-electron chi connectivity index (χ3n) is 3.13. The molecule has 0 spiro atoms. The van der Waals surface area contributed by atoms with E-state index in [1.807, 2.05) is 0 Å². The molecule has 2 amide bonds. The van der Waals surface area contributed by atoms with E-state index in [-0.39, 0.29) is 11.3 Å². The highest BCUT2D eigenvalue weighted by Gasteiger charge is 2.15. The number of aromatic hydroxyl groups is 1. The van der Waals surface area contributed by atoms with Crippen LogP contribution in [0.3, 0.4) is 0 Å². The van der Waals surface area contributed by atoms with Crippen LogP contribution in [0, 0.1) is 6.92 Å². The van der Waals surface area contributed by atoms with Gasteiger partial charge in [-0.3, -0.25) is 20.4 Å². The maximum Gasteiger partial charge on any atom is 0.342 e. The highest BCUT2D eigenvalue weighted by atomic mass is 35.5. The zero-order chi connectivity index (χ0) is 18.4. The second kappa shape index (κ2) is 8.16. The van der Waals surface area contributed by atoms with Gasteiger partial charge in [0.25, 0.3) is 11.8 Å². The van der Waals surface area contributed by atoms with Crippen LogP contribution < -0.4 is 10.9 Å². The fourth-order valence-electron chi connectivity index (χ4n) is 1.86. The number of carbonyl (C=O) groups excluding carboxylic acids is 3. The number of phenolic OH excluding ortho intramolecular Hbond substituents is 1. The number of hydrogen-bond acceptors (Lipinski definition) is 5. The van der Waals surface area contributed by atoms with Gasteiger partial charge in [0.1, 0.15) is 11.3 Å². The number of hydrogen-bond donors (Lipinski definition) is 3. The van der Waals surface area contributed by atoms with Gasteiger partial charge in [-0.25, -0.2) is 4.79 Å². The molecule has 0 saturated carbocycles. The molecule has 2 rings (SSSR count). The lowest BCUT2D eigenvalue weighted by molar-refractivity contribution is -0.125. The van der Waals surface area contributed by atoms with Crippen molar-refractivity contribution in [2.75, 3.05) is 6.61 Å². The van der Waals surface area contributed by atoms with Crippen molar-refractivity contribution in [3.05, 3.63) is 64.2 Å². The van der Waals surface area contributed by atoms with Gasteiger partial charge < -0.3 is 9.84 Å². The van der Waals surface area contributed by atoms with Crippen molar-refractivity contribution >= 4 is 29.4 Å². The van der Waals surface area contributed by atoms with Gasteiger partial charge in [-0.2, -0.15) is 0 Å². The molecule has 0 bridgehead atoms. The van der Waals surface area contributed by atoms with Crippen molar-refractivity contribution in [2.24, 2.45) is 0 Å². The number of carbonyl (C=O) groups is 3. The summed E-state index contributed by atoms with van der Waals surface area (Å²) in [7, 11) is 0. The van der Waals surface area contributed by atoms with Crippen LogP contribution in [0.25, 0.3) is 0 Å². The Balaban J connectivity index is 1.82. The van der Waals surface area contributed by atoms with Gasteiger partial charge in [0.2, 0.25) is 0 Å². The normalized spacial score (nSPS) is 10.0. The number of phenols is 1. The number of aryl methyl sites for hydroxylation is 1. The fraction of sp³-hybridized carbons (Fsp3) is 0.118. The molecular formula is C17H15ClN2O5. The molecule has 0 saturated heterocycles. The third-order valence-corrected chi connectivity index (χ3v) is 3.38. The van der Waals surface area contributed by atoms with Crippen LogP contribution in [0.15, 0.2) is 42.5 Å². The zero-order valence-electron chi connectivity index (χ0n) is 13.2. The molecule has 0 aromatic heterocycles. The molecule has 2 aromatic carbocycles. The van der Waals surface area contributed by atoms with Crippen LogP contribution in [0.2, 0.25) is 5.02 Å². The summed E-state index contributed by atoms with van der Waals surface area (Å²) in [5, 5.41) is 10.1. The van der Waals surface area contributed by atoms with E-state index < -0.39 is 24.4 Å². The summed E-state index contributed by atoms with van der Waals surface area (Å²) in [6, 6.07) is 10.5. The average molecular weight is 363 g/mol. The summed E-state index contributed by atoms with van der Waals surface area (Å²) in [5.74, 6) is -2.37. The largest absolute Gasteiger partial charge is 0.507 e. The molecule has 0 aliphatic rings. The Morgan fingerprint density at radius 1 is 1.08 bits per heavy atom. The predicted octanol–water partition coefficient (Wildman–Crippen LogP) is 1.97. The minimum atomic E-state index is -0.847. The molecule has 0 atom stereocenters. The minimum Gasteiger partial charge on any atom is -0.507 e. The topological polar surface area (TPSA) is 105 Å². The van der Waals surface area contributed by atoms with Crippen molar-refractivity contribution in [3.63, 3.8) is 0 Å². The summed E-state index contributed by atoms with van der Waals surface area (Å²) >= 11 is 5.72. The smallest absolute Gasteiger partial charge is 0.342 e. The molecular weight excluding hydrogens is 348 g/mol. The molecule has 0 radical (unpaired) electrons. The van der Waals surface area contributed by atoms with Gasteiger partial charge in [0.15, 0.2) is 6.61 Å². The van der Waals surface area contributed by atoms with Crippen molar-refractivity contribution in [3.8, 4) is 5.75 Å². The molecule has 0 fully saturated rings. The quantitative estimate of drug-likeness (QED) is 0.569. The summed E-state index contributed by atoms with van der Waals surface area (Å²) in [6.07, 6.45) is 0. The average Bonchev–Trinajstić information content (AvgIpc) is 2.60. The van der Waals surface area contributed by atoms with E-state index in [0.717, 1.165) is 5.56 Å². The molecule has 25 heavy (non-hydrogen) atoms. The van der Waals surface area contributed by atoms with E-state index in [1.54, 1.807) is 13.0 Å². The van der Waals surface area contributed by atoms with Crippen molar-refractivity contribution in [1.29, 1.82) is 0 Å². The Morgan fingerprint density at radius 3 is 2.44 bits per heavy atom. The Bertz CT molecular complexity index is 805. The summed E-state index contributed by atoms with van der Waals surface area (Å²) in [5.41, 5.74) is 5.31. The number of benzene rings is 2. The van der Waals surface area contributed by atoms with Gasteiger partial charge >= 0.3 is 5.97 Å². The first kappa shape index (κ1) is 18.3. The van der Waals surface area contributed by atoms with E-state index in [0.29, 0.717) is 10.6 Å². The molecule has 2 aromatic rings. The summed E-state index contributed by atoms with van der Waals surface area (Å²) in [4.78, 5) is 35.3. The van der Waals surface area contributed by atoms with Crippen LogP contribution in [0.1, 0.15) is 26.3 Å². The highest BCUT2D eigenvalue weighted by molar-refractivity contribution is 6.30.